The third kappa shape index (κ3) is 1.60. The highest BCUT2D eigenvalue weighted by Gasteiger charge is 2.11. The molecule has 72 valence electrons. The van der Waals surface area contributed by atoms with Crippen molar-refractivity contribution in [2.24, 2.45) is 0 Å². The maximum atomic E-state index is 11.5. The summed E-state index contributed by atoms with van der Waals surface area (Å²) >= 11 is 1.28. The number of hydrogen-bond donors (Lipinski definition) is 2. The minimum atomic E-state index is -0.272. The fraction of sp³-hybridized carbons (Fsp3) is 0. The van der Waals surface area contributed by atoms with Crippen molar-refractivity contribution in [3.63, 3.8) is 0 Å². The molecule has 0 atom stereocenters. The first-order valence-electron chi connectivity index (χ1n) is 3.82. The first kappa shape index (κ1) is 8.76. The maximum absolute atomic E-state index is 11.5. The molecule has 0 bridgehead atoms. The van der Waals surface area contributed by atoms with E-state index in [0.29, 0.717) is 16.4 Å². The van der Waals surface area contributed by atoms with Gasteiger partial charge in [0.2, 0.25) is 0 Å². The molecule has 2 heterocycles. The van der Waals surface area contributed by atoms with Gasteiger partial charge in [0.25, 0.3) is 5.91 Å². The number of rotatable bonds is 2. The van der Waals surface area contributed by atoms with Crippen LogP contribution in [0.15, 0.2) is 28.3 Å². The average Bonchev–Trinajstić information content (AvgIpc) is 2.75. The van der Waals surface area contributed by atoms with E-state index in [1.165, 1.54) is 17.6 Å². The Morgan fingerprint density at radius 1 is 1.57 bits per heavy atom. The third-order valence-corrected chi connectivity index (χ3v) is 2.51. The van der Waals surface area contributed by atoms with Gasteiger partial charge in [-0.1, -0.05) is 5.16 Å². The predicted octanol–water partition coefficient (Wildman–Crippen LogP) is 1.57. The molecule has 2 aromatic rings. The van der Waals surface area contributed by atoms with Gasteiger partial charge in [-0.15, -0.1) is 11.3 Å². The molecule has 2 rings (SSSR count). The molecular weight excluding hydrogens is 202 g/mol. The summed E-state index contributed by atoms with van der Waals surface area (Å²) in [6, 6.07) is 3.24. The number of carbonyl (C=O) groups excluding carboxylic acids is 1. The number of nitrogens with two attached hydrogens (primary N) is 1. The minimum absolute atomic E-state index is 0.272. The van der Waals surface area contributed by atoms with Crippen LogP contribution in [-0.4, -0.2) is 11.1 Å². The number of anilines is 2. The number of carbonyl (C=O) groups is 1. The maximum Gasteiger partial charge on any atom is 0.269 e. The summed E-state index contributed by atoms with van der Waals surface area (Å²) in [5.41, 5.74) is 6.04. The first-order valence-corrected chi connectivity index (χ1v) is 4.70. The zero-order valence-electron chi connectivity index (χ0n) is 7.06. The number of thiophene rings is 1. The Balaban J connectivity index is 2.14. The van der Waals surface area contributed by atoms with Crippen molar-refractivity contribution >= 4 is 28.7 Å². The van der Waals surface area contributed by atoms with E-state index in [1.54, 1.807) is 17.5 Å². The van der Waals surface area contributed by atoms with E-state index in [4.69, 9.17) is 5.73 Å². The van der Waals surface area contributed by atoms with Crippen LogP contribution in [-0.2, 0) is 0 Å². The summed E-state index contributed by atoms with van der Waals surface area (Å²) in [7, 11) is 0. The molecule has 3 N–H and O–H groups in total. The van der Waals surface area contributed by atoms with Crippen molar-refractivity contribution in [1.82, 2.24) is 5.16 Å². The number of aromatic nitrogens is 1. The predicted molar refractivity (Wildman–Crippen MR) is 53.2 cm³/mol. The summed E-state index contributed by atoms with van der Waals surface area (Å²) in [6.45, 7) is 0. The van der Waals surface area contributed by atoms with E-state index in [9.17, 15) is 4.79 Å². The Morgan fingerprint density at radius 3 is 3.00 bits per heavy atom. The molecule has 0 radical (unpaired) electrons. The Kier molecular flexibility index (Phi) is 2.19. The SMILES string of the molecule is Nc1ccsc1C(=O)Nc1ccon1. The lowest BCUT2D eigenvalue weighted by molar-refractivity contribution is 0.103. The van der Waals surface area contributed by atoms with Crippen molar-refractivity contribution in [2.75, 3.05) is 11.1 Å². The van der Waals surface area contributed by atoms with Crippen LogP contribution in [0.4, 0.5) is 11.5 Å². The second kappa shape index (κ2) is 3.51. The molecule has 2 aromatic heterocycles. The van der Waals surface area contributed by atoms with Crippen LogP contribution in [0, 0.1) is 0 Å². The lowest BCUT2D eigenvalue weighted by atomic mass is 10.4. The fourth-order valence-corrected chi connectivity index (χ4v) is 1.67. The van der Waals surface area contributed by atoms with E-state index in [2.05, 4.69) is 15.0 Å². The summed E-state index contributed by atoms with van der Waals surface area (Å²) in [6.07, 6.45) is 1.38. The fourth-order valence-electron chi connectivity index (χ4n) is 0.954. The van der Waals surface area contributed by atoms with Crippen LogP contribution >= 0.6 is 11.3 Å². The standard InChI is InChI=1S/C8H7N3O2S/c9-5-2-4-14-7(5)8(12)10-6-1-3-13-11-6/h1-4H,9H2,(H,10,11,12). The van der Waals surface area contributed by atoms with Crippen LogP contribution in [0.25, 0.3) is 0 Å². The molecule has 14 heavy (non-hydrogen) atoms. The van der Waals surface area contributed by atoms with Gasteiger partial charge in [-0.25, -0.2) is 0 Å². The van der Waals surface area contributed by atoms with Gasteiger partial charge in [-0.2, -0.15) is 0 Å². The highest BCUT2D eigenvalue weighted by atomic mass is 32.1. The quantitative estimate of drug-likeness (QED) is 0.786. The molecule has 6 heteroatoms. The molecule has 0 saturated carbocycles. The summed E-state index contributed by atoms with van der Waals surface area (Å²) in [4.78, 5) is 12.0. The van der Waals surface area contributed by atoms with Crippen LogP contribution in [0.1, 0.15) is 9.67 Å². The molecule has 0 aliphatic heterocycles. The molecular formula is C8H7N3O2S. The lowest BCUT2D eigenvalue weighted by Crippen LogP contribution is -2.11. The summed E-state index contributed by atoms with van der Waals surface area (Å²) in [5, 5.41) is 7.86. The molecule has 0 fully saturated rings. The van der Waals surface area contributed by atoms with Gasteiger partial charge in [0.05, 0.1) is 5.69 Å². The zero-order chi connectivity index (χ0) is 9.97. The minimum Gasteiger partial charge on any atom is -0.397 e. The van der Waals surface area contributed by atoms with Gasteiger partial charge in [-0.05, 0) is 11.4 Å². The van der Waals surface area contributed by atoms with Gasteiger partial charge < -0.3 is 15.6 Å². The van der Waals surface area contributed by atoms with Gasteiger partial charge in [0.1, 0.15) is 11.1 Å². The van der Waals surface area contributed by atoms with E-state index in [0.717, 1.165) is 0 Å². The van der Waals surface area contributed by atoms with Crippen molar-refractivity contribution in [1.29, 1.82) is 0 Å². The number of nitrogens with one attached hydrogen (secondary N) is 1. The Labute approximate surface area is 83.5 Å². The number of nitrogen functional groups attached to an aromatic ring is 1. The Morgan fingerprint density at radius 2 is 2.43 bits per heavy atom. The zero-order valence-corrected chi connectivity index (χ0v) is 7.88. The van der Waals surface area contributed by atoms with Crippen LogP contribution in [0.3, 0.4) is 0 Å². The van der Waals surface area contributed by atoms with Crippen molar-refractivity contribution in [3.05, 3.63) is 28.7 Å². The number of amides is 1. The highest BCUT2D eigenvalue weighted by Crippen LogP contribution is 2.19. The van der Waals surface area contributed by atoms with Gasteiger partial charge in [0.15, 0.2) is 5.82 Å². The van der Waals surface area contributed by atoms with E-state index < -0.39 is 0 Å². The molecule has 0 aromatic carbocycles. The second-order valence-corrected chi connectivity index (χ2v) is 3.46. The molecule has 0 spiro atoms. The summed E-state index contributed by atoms with van der Waals surface area (Å²) < 4.78 is 4.57. The van der Waals surface area contributed by atoms with E-state index in [1.807, 2.05) is 0 Å². The number of hydrogen-bond acceptors (Lipinski definition) is 5. The Bertz CT molecular complexity index is 435. The largest absolute Gasteiger partial charge is 0.397 e. The normalized spacial score (nSPS) is 10.0. The van der Waals surface area contributed by atoms with Crippen molar-refractivity contribution in [3.8, 4) is 0 Å². The third-order valence-electron chi connectivity index (χ3n) is 1.58. The second-order valence-electron chi connectivity index (χ2n) is 2.54. The molecule has 0 aliphatic carbocycles. The van der Waals surface area contributed by atoms with Gasteiger partial charge in [0, 0.05) is 6.07 Å². The molecule has 1 amide bonds. The van der Waals surface area contributed by atoms with E-state index >= 15 is 0 Å². The highest BCUT2D eigenvalue weighted by molar-refractivity contribution is 7.12. The number of nitrogens with zero attached hydrogens (tertiary/aromatic N) is 1. The van der Waals surface area contributed by atoms with Crippen LogP contribution in [0.2, 0.25) is 0 Å². The average molecular weight is 209 g/mol. The lowest BCUT2D eigenvalue weighted by Gasteiger charge is -1.98. The Hall–Kier alpha value is -1.82. The first-order chi connectivity index (χ1) is 6.77. The molecule has 5 nitrogen and oxygen atoms in total. The van der Waals surface area contributed by atoms with Gasteiger partial charge >= 0.3 is 0 Å². The van der Waals surface area contributed by atoms with Crippen molar-refractivity contribution in [2.45, 2.75) is 0 Å². The topological polar surface area (TPSA) is 81.2 Å². The monoisotopic (exact) mass is 209 g/mol. The van der Waals surface area contributed by atoms with Gasteiger partial charge in [-0.3, -0.25) is 4.79 Å². The van der Waals surface area contributed by atoms with Crippen LogP contribution < -0.4 is 11.1 Å². The van der Waals surface area contributed by atoms with Crippen LogP contribution in [0.5, 0.6) is 0 Å². The molecule has 0 aliphatic rings. The van der Waals surface area contributed by atoms with E-state index in [-0.39, 0.29) is 5.91 Å². The summed E-state index contributed by atoms with van der Waals surface area (Å²) in [5.74, 6) is 0.106. The van der Waals surface area contributed by atoms with Crippen molar-refractivity contribution < 1.29 is 9.32 Å². The smallest absolute Gasteiger partial charge is 0.269 e. The molecule has 0 saturated heterocycles. The molecule has 0 unspecified atom stereocenters.